The van der Waals surface area contributed by atoms with Gasteiger partial charge in [0, 0.05) is 37.6 Å². The molecule has 0 N–H and O–H groups in total. The van der Waals surface area contributed by atoms with Crippen molar-refractivity contribution in [1.29, 1.82) is 0 Å². The average molecular weight is 449 g/mol. The monoisotopic (exact) mass is 448 g/mol. The van der Waals surface area contributed by atoms with Gasteiger partial charge in [0.2, 0.25) is 5.91 Å². The van der Waals surface area contributed by atoms with Gasteiger partial charge in [-0.1, -0.05) is 25.6 Å². The Balaban J connectivity index is 1.59. The van der Waals surface area contributed by atoms with E-state index in [1.54, 1.807) is 15.9 Å². The minimum Gasteiger partial charge on any atom is -0.339 e. The molecule has 0 saturated carbocycles. The summed E-state index contributed by atoms with van der Waals surface area (Å²) in [6.45, 7) is 13.4. The van der Waals surface area contributed by atoms with Gasteiger partial charge in [0.1, 0.15) is 4.83 Å². The number of hydrogen-bond acceptors (Lipinski definition) is 6. The zero-order chi connectivity index (χ0) is 21.4. The summed E-state index contributed by atoms with van der Waals surface area (Å²) in [5.41, 5.74) is 1.29. The van der Waals surface area contributed by atoms with Crippen LogP contribution in [0.5, 0.6) is 0 Å². The molecule has 2 aromatic heterocycles. The van der Waals surface area contributed by atoms with Gasteiger partial charge in [0.25, 0.3) is 5.56 Å². The Morgan fingerprint density at radius 1 is 1.23 bits per heavy atom. The van der Waals surface area contributed by atoms with Gasteiger partial charge < -0.3 is 9.80 Å². The second-order valence-electron chi connectivity index (χ2n) is 8.50. The highest BCUT2D eigenvalue weighted by molar-refractivity contribution is 8.00. The summed E-state index contributed by atoms with van der Waals surface area (Å²) in [6.07, 6.45) is 3.16. The molecule has 1 amide bonds. The van der Waals surface area contributed by atoms with E-state index in [1.807, 2.05) is 18.7 Å². The Labute approximate surface area is 186 Å². The summed E-state index contributed by atoms with van der Waals surface area (Å²) in [5, 5.41) is 1.24. The number of thioether (sulfide) groups is 1. The van der Waals surface area contributed by atoms with Crippen molar-refractivity contribution < 1.29 is 4.79 Å². The molecule has 0 radical (unpaired) electrons. The van der Waals surface area contributed by atoms with Crippen LogP contribution in [0.4, 0.5) is 0 Å². The number of carbonyl (C=O) groups is 1. The lowest BCUT2D eigenvalue weighted by molar-refractivity contribution is -0.132. The van der Waals surface area contributed by atoms with Gasteiger partial charge in [-0.2, -0.15) is 0 Å². The summed E-state index contributed by atoms with van der Waals surface area (Å²) >= 11 is 3.11. The van der Waals surface area contributed by atoms with Crippen LogP contribution in [0.2, 0.25) is 0 Å². The molecule has 1 fully saturated rings. The fourth-order valence-corrected chi connectivity index (χ4v) is 7.00. The van der Waals surface area contributed by atoms with Crippen LogP contribution in [0.15, 0.2) is 9.95 Å². The lowest BCUT2D eigenvalue weighted by Crippen LogP contribution is -2.50. The molecule has 0 bridgehead atoms. The first-order valence-corrected chi connectivity index (χ1v) is 12.8. The molecule has 1 aliphatic carbocycles. The van der Waals surface area contributed by atoms with E-state index in [0.717, 1.165) is 62.2 Å². The number of aromatic nitrogens is 2. The van der Waals surface area contributed by atoms with Crippen molar-refractivity contribution in [2.75, 3.05) is 32.7 Å². The van der Waals surface area contributed by atoms with Crippen LogP contribution in [0, 0.1) is 5.92 Å². The van der Waals surface area contributed by atoms with Gasteiger partial charge in [0.15, 0.2) is 5.16 Å². The number of thiophene rings is 1. The van der Waals surface area contributed by atoms with Crippen molar-refractivity contribution in [3.63, 3.8) is 0 Å². The molecule has 8 heteroatoms. The fraction of sp³-hybridized carbons (Fsp3) is 0.682. The van der Waals surface area contributed by atoms with Gasteiger partial charge in [-0.3, -0.25) is 14.2 Å². The molecular formula is C22H32N4O2S2. The summed E-state index contributed by atoms with van der Waals surface area (Å²) in [7, 11) is 0. The highest BCUT2D eigenvalue weighted by atomic mass is 32.2. The van der Waals surface area contributed by atoms with Gasteiger partial charge in [0.05, 0.1) is 10.6 Å². The number of aryl methyl sites for hydroxylation is 1. The number of rotatable bonds is 5. The van der Waals surface area contributed by atoms with Crippen LogP contribution in [0.25, 0.3) is 10.2 Å². The van der Waals surface area contributed by atoms with Crippen LogP contribution in [-0.4, -0.2) is 63.2 Å². The first kappa shape index (κ1) is 21.8. The molecule has 1 saturated heterocycles. The maximum atomic E-state index is 13.3. The zero-order valence-corrected chi connectivity index (χ0v) is 20.1. The van der Waals surface area contributed by atoms with E-state index < -0.39 is 0 Å². The van der Waals surface area contributed by atoms with E-state index in [2.05, 4.69) is 18.7 Å². The Morgan fingerprint density at radius 3 is 2.63 bits per heavy atom. The Kier molecular flexibility index (Phi) is 6.55. The molecule has 164 valence electrons. The number of piperazine rings is 1. The minimum atomic E-state index is -0.255. The lowest BCUT2D eigenvalue weighted by atomic mass is 9.89. The first-order chi connectivity index (χ1) is 14.4. The van der Waals surface area contributed by atoms with E-state index >= 15 is 0 Å². The van der Waals surface area contributed by atoms with Gasteiger partial charge in [-0.05, 0) is 51.1 Å². The third-order valence-corrected chi connectivity index (χ3v) is 8.68. The summed E-state index contributed by atoms with van der Waals surface area (Å²) in [5.74, 6) is 0.811. The predicted molar refractivity (Wildman–Crippen MR) is 125 cm³/mol. The van der Waals surface area contributed by atoms with Crippen LogP contribution in [0.1, 0.15) is 44.6 Å². The van der Waals surface area contributed by atoms with Gasteiger partial charge in [-0.15, -0.1) is 11.3 Å². The molecule has 2 aromatic rings. The summed E-state index contributed by atoms with van der Waals surface area (Å²) < 4.78 is 1.76. The third kappa shape index (κ3) is 4.06. The van der Waals surface area contributed by atoms with E-state index in [-0.39, 0.29) is 16.7 Å². The Morgan fingerprint density at radius 2 is 1.97 bits per heavy atom. The molecule has 2 aliphatic rings. The topological polar surface area (TPSA) is 58.4 Å². The first-order valence-electron chi connectivity index (χ1n) is 11.2. The van der Waals surface area contributed by atoms with Crippen LogP contribution in [0.3, 0.4) is 0 Å². The van der Waals surface area contributed by atoms with Gasteiger partial charge >= 0.3 is 0 Å². The normalized spacial score (nSPS) is 21.1. The molecule has 4 rings (SSSR count). The van der Waals surface area contributed by atoms with E-state index in [9.17, 15) is 9.59 Å². The zero-order valence-electron chi connectivity index (χ0n) is 18.4. The van der Waals surface area contributed by atoms with Crippen LogP contribution >= 0.6 is 23.1 Å². The molecule has 0 aromatic carbocycles. The number of likely N-dealkylation sites (N-methyl/N-ethyl adjacent to an activating group) is 1. The van der Waals surface area contributed by atoms with E-state index in [1.165, 1.54) is 22.2 Å². The SMILES string of the molecule is CCN1CCN(C(=O)C(C)Sc2nc3sc4c(c3c(=O)n2CC)CCC(C)C4)CC1. The standard InChI is InChI=1S/C22H32N4O2S2/c1-5-24-9-11-25(12-10-24)20(27)15(4)29-22-23-19-18(21(28)26(22)6-2)16-8-7-14(3)13-17(16)30-19/h14-15H,5-13H2,1-4H3. The highest BCUT2D eigenvalue weighted by Crippen LogP contribution is 2.37. The van der Waals surface area contributed by atoms with Crippen molar-refractivity contribution >= 4 is 39.2 Å². The Hall–Kier alpha value is -1.38. The van der Waals surface area contributed by atoms with E-state index in [0.29, 0.717) is 17.6 Å². The maximum absolute atomic E-state index is 13.3. The van der Waals surface area contributed by atoms with Crippen LogP contribution < -0.4 is 5.56 Å². The largest absolute Gasteiger partial charge is 0.339 e. The number of hydrogen-bond donors (Lipinski definition) is 0. The third-order valence-electron chi connectivity index (χ3n) is 6.46. The molecule has 1 aliphatic heterocycles. The number of nitrogens with zero attached hydrogens (tertiary/aromatic N) is 4. The van der Waals surface area contributed by atoms with Crippen LogP contribution in [-0.2, 0) is 24.2 Å². The predicted octanol–water partition coefficient (Wildman–Crippen LogP) is 3.25. The number of carbonyl (C=O) groups excluding carboxylic acids is 1. The van der Waals surface area contributed by atoms with Crippen molar-refractivity contribution in [1.82, 2.24) is 19.4 Å². The molecule has 0 spiro atoms. The van der Waals surface area contributed by atoms with Crippen molar-refractivity contribution in [2.24, 2.45) is 5.92 Å². The highest BCUT2D eigenvalue weighted by Gasteiger charge is 2.28. The Bertz CT molecular complexity index is 991. The molecular weight excluding hydrogens is 416 g/mol. The molecule has 2 unspecified atom stereocenters. The number of fused-ring (bicyclic) bond motifs is 3. The van der Waals surface area contributed by atoms with Crippen molar-refractivity contribution in [3.8, 4) is 0 Å². The second kappa shape index (κ2) is 9.01. The van der Waals surface area contributed by atoms with Gasteiger partial charge in [-0.25, -0.2) is 4.98 Å². The smallest absolute Gasteiger partial charge is 0.263 e. The molecule has 6 nitrogen and oxygen atoms in total. The molecule has 2 atom stereocenters. The molecule has 30 heavy (non-hydrogen) atoms. The lowest BCUT2D eigenvalue weighted by Gasteiger charge is -2.35. The maximum Gasteiger partial charge on any atom is 0.263 e. The summed E-state index contributed by atoms with van der Waals surface area (Å²) in [6, 6.07) is 0. The minimum absolute atomic E-state index is 0.0632. The average Bonchev–Trinajstić information content (AvgIpc) is 3.10. The quantitative estimate of drug-likeness (QED) is 0.519. The second-order valence-corrected chi connectivity index (χ2v) is 10.9. The number of amides is 1. The van der Waals surface area contributed by atoms with E-state index in [4.69, 9.17) is 4.98 Å². The fourth-order valence-electron chi connectivity index (χ4n) is 4.52. The summed E-state index contributed by atoms with van der Waals surface area (Å²) in [4.78, 5) is 37.7. The van der Waals surface area contributed by atoms with Crippen molar-refractivity contribution in [3.05, 3.63) is 20.8 Å². The van der Waals surface area contributed by atoms with Crippen molar-refractivity contribution in [2.45, 2.75) is 63.9 Å². The molecule has 3 heterocycles.